The van der Waals surface area contributed by atoms with E-state index in [1.165, 1.54) is 12.0 Å². The van der Waals surface area contributed by atoms with Crippen LogP contribution in [0.2, 0.25) is 0 Å². The quantitative estimate of drug-likeness (QED) is 0.780. The van der Waals surface area contributed by atoms with Gasteiger partial charge in [-0.3, -0.25) is 0 Å². The Bertz CT molecular complexity index is 371. The Morgan fingerprint density at radius 1 is 1.32 bits per heavy atom. The maximum absolute atomic E-state index is 5.81. The zero-order chi connectivity index (χ0) is 14.4. The van der Waals surface area contributed by atoms with Crippen molar-refractivity contribution in [2.75, 3.05) is 13.6 Å². The lowest BCUT2D eigenvalue weighted by Gasteiger charge is -2.19. The number of furan rings is 1. The van der Waals surface area contributed by atoms with Crippen molar-refractivity contribution in [1.82, 2.24) is 10.2 Å². The zero-order valence-corrected chi connectivity index (χ0v) is 13.4. The number of aryl methyl sites for hydroxylation is 1. The maximum Gasteiger partial charge on any atom is 0.118 e. The van der Waals surface area contributed by atoms with Crippen LogP contribution in [0.1, 0.15) is 51.2 Å². The van der Waals surface area contributed by atoms with Gasteiger partial charge in [0.15, 0.2) is 0 Å². The molecular formula is C16H30N2O. The van der Waals surface area contributed by atoms with Gasteiger partial charge in [-0.05, 0) is 26.0 Å². The van der Waals surface area contributed by atoms with Crippen molar-refractivity contribution in [3.05, 3.63) is 23.2 Å². The molecule has 0 saturated heterocycles. The summed E-state index contributed by atoms with van der Waals surface area (Å²) in [7, 11) is 2.19. The second-order valence-electron chi connectivity index (χ2n) is 6.04. The molecule has 0 radical (unpaired) electrons. The van der Waals surface area contributed by atoms with Gasteiger partial charge in [-0.25, -0.2) is 0 Å². The molecule has 0 amide bonds. The van der Waals surface area contributed by atoms with Crippen molar-refractivity contribution in [2.24, 2.45) is 5.92 Å². The third-order valence-electron chi connectivity index (χ3n) is 3.52. The van der Waals surface area contributed by atoms with Gasteiger partial charge in [-0.1, -0.05) is 34.1 Å². The molecule has 3 nitrogen and oxygen atoms in total. The van der Waals surface area contributed by atoms with Crippen molar-refractivity contribution in [2.45, 2.75) is 60.2 Å². The predicted octanol–water partition coefficient (Wildman–Crippen LogP) is 3.56. The maximum atomic E-state index is 5.81. The summed E-state index contributed by atoms with van der Waals surface area (Å²) in [6.07, 6.45) is 1.23. The Hall–Kier alpha value is -0.800. The zero-order valence-electron chi connectivity index (χ0n) is 13.4. The van der Waals surface area contributed by atoms with Crippen LogP contribution in [0.4, 0.5) is 0 Å². The summed E-state index contributed by atoms with van der Waals surface area (Å²) >= 11 is 0. The molecule has 0 aliphatic carbocycles. The number of hydrogen-bond donors (Lipinski definition) is 1. The minimum Gasteiger partial charge on any atom is -0.465 e. The van der Waals surface area contributed by atoms with Crippen molar-refractivity contribution in [3.8, 4) is 0 Å². The van der Waals surface area contributed by atoms with Gasteiger partial charge in [-0.2, -0.15) is 0 Å². The van der Waals surface area contributed by atoms with E-state index in [1.807, 2.05) is 0 Å². The highest BCUT2D eigenvalue weighted by molar-refractivity contribution is 5.20. The summed E-state index contributed by atoms with van der Waals surface area (Å²) in [5.41, 5.74) is 1.31. The normalized spacial score (nSPS) is 13.5. The average Bonchev–Trinajstić information content (AvgIpc) is 2.67. The Labute approximate surface area is 118 Å². The molecule has 19 heavy (non-hydrogen) atoms. The van der Waals surface area contributed by atoms with Crippen LogP contribution in [0, 0.1) is 12.8 Å². The number of hydrogen-bond acceptors (Lipinski definition) is 3. The molecule has 3 heteroatoms. The van der Waals surface area contributed by atoms with Crippen LogP contribution in [-0.4, -0.2) is 24.5 Å². The highest BCUT2D eigenvalue weighted by atomic mass is 16.3. The van der Waals surface area contributed by atoms with Gasteiger partial charge in [0.25, 0.3) is 0 Å². The predicted molar refractivity (Wildman–Crippen MR) is 81.2 cm³/mol. The highest BCUT2D eigenvalue weighted by Gasteiger charge is 2.11. The first kappa shape index (κ1) is 16.3. The molecule has 0 saturated carbocycles. The number of nitrogens with zero attached hydrogens (tertiary/aromatic N) is 1. The van der Waals surface area contributed by atoms with Crippen LogP contribution in [0.3, 0.4) is 0 Å². The van der Waals surface area contributed by atoms with Crippen molar-refractivity contribution < 1.29 is 4.42 Å². The average molecular weight is 266 g/mol. The Morgan fingerprint density at radius 3 is 2.58 bits per heavy atom. The van der Waals surface area contributed by atoms with Crippen LogP contribution in [0.15, 0.2) is 10.5 Å². The fourth-order valence-corrected chi connectivity index (χ4v) is 2.15. The van der Waals surface area contributed by atoms with E-state index in [1.54, 1.807) is 0 Å². The third-order valence-corrected chi connectivity index (χ3v) is 3.52. The molecule has 0 fully saturated rings. The molecule has 0 bridgehead atoms. The molecule has 0 aliphatic rings. The fraction of sp³-hybridized carbons (Fsp3) is 0.750. The SMILES string of the molecule is CCC(C)CN(C)Cc1cc(CNC(C)C)oc1C. The smallest absolute Gasteiger partial charge is 0.118 e. The van der Waals surface area contributed by atoms with Crippen molar-refractivity contribution in [3.63, 3.8) is 0 Å². The van der Waals surface area contributed by atoms with Gasteiger partial charge in [0.05, 0.1) is 6.54 Å². The number of rotatable bonds is 8. The lowest BCUT2D eigenvalue weighted by molar-refractivity contribution is 0.273. The molecule has 1 N–H and O–H groups in total. The van der Waals surface area contributed by atoms with E-state index >= 15 is 0 Å². The lowest BCUT2D eigenvalue weighted by atomic mass is 10.1. The second-order valence-corrected chi connectivity index (χ2v) is 6.04. The largest absolute Gasteiger partial charge is 0.465 e. The topological polar surface area (TPSA) is 28.4 Å². The van der Waals surface area contributed by atoms with Crippen LogP contribution in [0.5, 0.6) is 0 Å². The van der Waals surface area contributed by atoms with Gasteiger partial charge < -0.3 is 14.6 Å². The number of nitrogens with one attached hydrogen (secondary N) is 1. The molecule has 1 atom stereocenters. The molecule has 110 valence electrons. The summed E-state index contributed by atoms with van der Waals surface area (Å²) in [6, 6.07) is 2.68. The third kappa shape index (κ3) is 5.79. The van der Waals surface area contributed by atoms with Gasteiger partial charge in [0, 0.05) is 24.7 Å². The Kier molecular flexibility index (Phi) is 6.59. The van der Waals surface area contributed by atoms with Crippen molar-refractivity contribution in [1.29, 1.82) is 0 Å². The summed E-state index contributed by atoms with van der Waals surface area (Å²) in [6.45, 7) is 13.8. The Morgan fingerprint density at radius 2 is 2.00 bits per heavy atom. The van der Waals surface area contributed by atoms with E-state index in [0.717, 1.165) is 37.1 Å². The molecule has 1 heterocycles. The van der Waals surface area contributed by atoms with E-state index in [0.29, 0.717) is 6.04 Å². The highest BCUT2D eigenvalue weighted by Crippen LogP contribution is 2.17. The summed E-state index contributed by atoms with van der Waals surface area (Å²) < 4.78 is 5.81. The second kappa shape index (κ2) is 7.71. The first-order chi connectivity index (χ1) is 8.92. The van der Waals surface area contributed by atoms with Gasteiger partial charge in [-0.15, -0.1) is 0 Å². The molecule has 1 aromatic heterocycles. The standard InChI is InChI=1S/C16H30N2O/c1-7-13(4)10-18(6)11-15-8-16(19-14(15)5)9-17-12(2)3/h8,12-13,17H,7,9-11H2,1-6H3. The van der Waals surface area contributed by atoms with Crippen molar-refractivity contribution >= 4 is 0 Å². The minimum absolute atomic E-state index is 0.488. The minimum atomic E-state index is 0.488. The van der Waals surface area contributed by atoms with Gasteiger partial charge in [0.2, 0.25) is 0 Å². The summed E-state index contributed by atoms with van der Waals surface area (Å²) in [5.74, 6) is 2.84. The van der Waals surface area contributed by atoms with E-state index in [4.69, 9.17) is 4.42 Å². The lowest BCUT2D eigenvalue weighted by Crippen LogP contribution is -2.23. The summed E-state index contributed by atoms with van der Waals surface area (Å²) in [5, 5.41) is 3.39. The van der Waals surface area contributed by atoms with Crippen LogP contribution in [0.25, 0.3) is 0 Å². The van der Waals surface area contributed by atoms with E-state index in [2.05, 4.69) is 57.9 Å². The first-order valence-corrected chi connectivity index (χ1v) is 7.42. The molecule has 0 spiro atoms. The van der Waals surface area contributed by atoms with Crippen LogP contribution < -0.4 is 5.32 Å². The van der Waals surface area contributed by atoms with Crippen LogP contribution >= 0.6 is 0 Å². The fourth-order valence-electron chi connectivity index (χ4n) is 2.15. The van der Waals surface area contributed by atoms with Crippen LogP contribution in [-0.2, 0) is 13.1 Å². The van der Waals surface area contributed by atoms with E-state index in [9.17, 15) is 0 Å². The summed E-state index contributed by atoms with van der Waals surface area (Å²) in [4.78, 5) is 2.38. The van der Waals surface area contributed by atoms with E-state index in [-0.39, 0.29) is 0 Å². The molecular weight excluding hydrogens is 236 g/mol. The molecule has 1 rings (SSSR count). The van der Waals surface area contributed by atoms with E-state index < -0.39 is 0 Å². The Balaban J connectivity index is 2.53. The van der Waals surface area contributed by atoms with Gasteiger partial charge >= 0.3 is 0 Å². The van der Waals surface area contributed by atoms with Gasteiger partial charge in [0.1, 0.15) is 11.5 Å². The molecule has 0 aromatic carbocycles. The first-order valence-electron chi connectivity index (χ1n) is 7.42. The molecule has 0 aliphatic heterocycles. The monoisotopic (exact) mass is 266 g/mol. The molecule has 1 aromatic rings. The molecule has 1 unspecified atom stereocenters.